The maximum Gasteiger partial charge on any atom is 0.266 e. The molecule has 0 saturated heterocycles. The zero-order valence-corrected chi connectivity index (χ0v) is 23.6. The molecule has 0 aliphatic rings. The average molecular weight is 578 g/mol. The van der Waals surface area contributed by atoms with Crippen LogP contribution in [0.3, 0.4) is 0 Å². The number of halogens is 2. The SMILES string of the molecule is CC(C)(C)c1ccc(C(Cc2ccc(C(=O)NCCS(=O)(=O)O)cc2)C(=O)Nc2cc(Cl)cc(Cl)c2)cc1. The van der Waals surface area contributed by atoms with Gasteiger partial charge in [0.15, 0.2) is 0 Å². The van der Waals surface area contributed by atoms with E-state index in [1.54, 1.807) is 42.5 Å². The number of amides is 2. The lowest BCUT2D eigenvalue weighted by atomic mass is 9.84. The van der Waals surface area contributed by atoms with Crippen LogP contribution < -0.4 is 10.6 Å². The standard InChI is InChI=1S/C28H30Cl2N2O5S/c1-28(2,3)21-10-8-19(9-11-21)25(27(34)32-24-16-22(29)15-23(30)17-24)14-18-4-6-20(7-5-18)26(33)31-12-13-38(35,36)37/h4-11,15-17,25H,12-14H2,1-3H3,(H,31,33)(H,32,34)(H,35,36,37). The first-order chi connectivity index (χ1) is 17.7. The van der Waals surface area contributed by atoms with Crippen molar-refractivity contribution in [1.82, 2.24) is 5.32 Å². The van der Waals surface area contributed by atoms with Gasteiger partial charge in [-0.3, -0.25) is 14.1 Å². The first-order valence-electron chi connectivity index (χ1n) is 11.9. The summed E-state index contributed by atoms with van der Waals surface area (Å²) in [5.74, 6) is -1.82. The van der Waals surface area contributed by atoms with E-state index >= 15 is 0 Å². The summed E-state index contributed by atoms with van der Waals surface area (Å²) in [4.78, 5) is 25.8. The highest BCUT2D eigenvalue weighted by Crippen LogP contribution is 2.29. The average Bonchev–Trinajstić information content (AvgIpc) is 2.81. The van der Waals surface area contributed by atoms with Crippen molar-refractivity contribution in [2.75, 3.05) is 17.6 Å². The second kappa shape index (κ2) is 12.3. The number of carbonyl (C=O) groups is 2. The van der Waals surface area contributed by atoms with E-state index in [9.17, 15) is 18.0 Å². The fraction of sp³-hybridized carbons (Fsp3) is 0.286. The van der Waals surface area contributed by atoms with Crippen LogP contribution in [0, 0.1) is 0 Å². The van der Waals surface area contributed by atoms with E-state index in [1.807, 2.05) is 24.3 Å². The molecule has 0 fully saturated rings. The molecule has 0 aliphatic carbocycles. The predicted molar refractivity (Wildman–Crippen MR) is 152 cm³/mol. The zero-order valence-electron chi connectivity index (χ0n) is 21.3. The third-order valence-electron chi connectivity index (χ3n) is 5.93. The van der Waals surface area contributed by atoms with Crippen LogP contribution in [0.2, 0.25) is 10.0 Å². The summed E-state index contributed by atoms with van der Waals surface area (Å²) in [6.45, 7) is 6.15. The molecule has 1 atom stereocenters. The normalized spacial score (nSPS) is 12.6. The van der Waals surface area contributed by atoms with Gasteiger partial charge in [-0.1, -0.05) is 80.4 Å². The molecule has 0 aliphatic heterocycles. The van der Waals surface area contributed by atoms with E-state index in [0.29, 0.717) is 27.7 Å². The van der Waals surface area contributed by atoms with Crippen molar-refractivity contribution in [2.45, 2.75) is 38.5 Å². The van der Waals surface area contributed by atoms with E-state index in [2.05, 4.69) is 31.4 Å². The second-order valence-corrected chi connectivity index (χ2v) is 12.5. The van der Waals surface area contributed by atoms with E-state index in [4.69, 9.17) is 27.8 Å². The molecule has 38 heavy (non-hydrogen) atoms. The van der Waals surface area contributed by atoms with Crippen LogP contribution in [-0.4, -0.2) is 37.1 Å². The minimum atomic E-state index is -4.16. The molecule has 0 saturated carbocycles. The minimum Gasteiger partial charge on any atom is -0.351 e. The van der Waals surface area contributed by atoms with Gasteiger partial charge in [0, 0.05) is 27.8 Å². The van der Waals surface area contributed by atoms with Gasteiger partial charge in [-0.2, -0.15) is 8.42 Å². The van der Waals surface area contributed by atoms with Crippen LogP contribution >= 0.6 is 23.2 Å². The summed E-state index contributed by atoms with van der Waals surface area (Å²) in [6, 6.07) is 19.5. The number of rotatable bonds is 9. The van der Waals surface area contributed by atoms with Crippen LogP contribution in [0.5, 0.6) is 0 Å². The van der Waals surface area contributed by atoms with Crippen molar-refractivity contribution in [3.63, 3.8) is 0 Å². The Labute approximate surface area is 233 Å². The summed E-state index contributed by atoms with van der Waals surface area (Å²) < 4.78 is 30.5. The number of carbonyl (C=O) groups excluding carboxylic acids is 2. The summed E-state index contributed by atoms with van der Waals surface area (Å²) >= 11 is 12.2. The van der Waals surface area contributed by atoms with E-state index in [1.165, 1.54) is 0 Å². The minimum absolute atomic E-state index is 0.0361. The van der Waals surface area contributed by atoms with E-state index in [-0.39, 0.29) is 17.9 Å². The van der Waals surface area contributed by atoms with Crippen molar-refractivity contribution < 1.29 is 22.6 Å². The van der Waals surface area contributed by atoms with Gasteiger partial charge in [0.1, 0.15) is 0 Å². The quantitative estimate of drug-likeness (QED) is 0.275. The number of hydrogen-bond acceptors (Lipinski definition) is 4. The largest absolute Gasteiger partial charge is 0.351 e. The predicted octanol–water partition coefficient (Wildman–Crippen LogP) is 5.87. The lowest BCUT2D eigenvalue weighted by Crippen LogP contribution is -2.28. The third-order valence-corrected chi connectivity index (χ3v) is 7.08. The Morgan fingerprint density at radius 2 is 1.50 bits per heavy atom. The summed E-state index contributed by atoms with van der Waals surface area (Å²) in [7, 11) is -4.16. The van der Waals surface area contributed by atoms with Crippen molar-refractivity contribution in [2.24, 2.45) is 0 Å². The molecule has 3 rings (SSSR count). The highest BCUT2D eigenvalue weighted by molar-refractivity contribution is 7.85. The molecule has 2 amide bonds. The first kappa shape index (κ1) is 29.6. The molecule has 202 valence electrons. The summed E-state index contributed by atoms with van der Waals surface area (Å²) in [6.07, 6.45) is 0.361. The number of anilines is 1. The monoisotopic (exact) mass is 576 g/mol. The zero-order chi connectivity index (χ0) is 28.1. The van der Waals surface area contributed by atoms with Gasteiger partial charge in [-0.25, -0.2) is 0 Å². The molecule has 0 heterocycles. The molecule has 0 bridgehead atoms. The molecule has 0 spiro atoms. The lowest BCUT2D eigenvalue weighted by molar-refractivity contribution is -0.117. The van der Waals surface area contributed by atoms with Crippen LogP contribution in [0.1, 0.15) is 53.7 Å². The van der Waals surface area contributed by atoms with E-state index in [0.717, 1.165) is 16.7 Å². The molecule has 7 nitrogen and oxygen atoms in total. The molecule has 0 radical (unpaired) electrons. The Balaban J connectivity index is 1.82. The topological polar surface area (TPSA) is 113 Å². The Hall–Kier alpha value is -2.91. The third kappa shape index (κ3) is 8.84. The molecule has 0 aromatic heterocycles. The lowest BCUT2D eigenvalue weighted by Gasteiger charge is -2.22. The highest BCUT2D eigenvalue weighted by Gasteiger charge is 2.23. The Morgan fingerprint density at radius 1 is 0.921 bits per heavy atom. The van der Waals surface area contributed by atoms with Crippen LogP contribution in [0.15, 0.2) is 66.7 Å². The van der Waals surface area contributed by atoms with Gasteiger partial charge < -0.3 is 10.6 Å². The fourth-order valence-corrected chi connectivity index (χ4v) is 4.74. The summed E-state index contributed by atoms with van der Waals surface area (Å²) in [5, 5.41) is 6.17. The second-order valence-electron chi connectivity index (χ2n) is 10.0. The Morgan fingerprint density at radius 3 is 2.03 bits per heavy atom. The molecule has 1 unspecified atom stereocenters. The van der Waals surface area contributed by atoms with Crippen molar-refractivity contribution in [1.29, 1.82) is 0 Å². The number of nitrogens with one attached hydrogen (secondary N) is 2. The van der Waals surface area contributed by atoms with Gasteiger partial charge in [0.2, 0.25) is 5.91 Å². The smallest absolute Gasteiger partial charge is 0.266 e. The van der Waals surface area contributed by atoms with Crippen molar-refractivity contribution in [3.05, 3.63) is 99.0 Å². The maximum atomic E-state index is 13.5. The summed E-state index contributed by atoms with van der Waals surface area (Å²) in [5.41, 5.74) is 3.57. The molecule has 3 aromatic rings. The van der Waals surface area contributed by atoms with Gasteiger partial charge in [0.25, 0.3) is 16.0 Å². The van der Waals surface area contributed by atoms with Crippen LogP contribution in [0.4, 0.5) is 5.69 Å². The highest BCUT2D eigenvalue weighted by atomic mass is 35.5. The van der Waals surface area contributed by atoms with E-state index < -0.39 is 27.7 Å². The molecule has 3 N–H and O–H groups in total. The number of benzene rings is 3. The molecular weight excluding hydrogens is 547 g/mol. The van der Waals surface area contributed by atoms with Crippen molar-refractivity contribution >= 4 is 50.8 Å². The Kier molecular flexibility index (Phi) is 9.59. The maximum absolute atomic E-state index is 13.5. The van der Waals surface area contributed by atoms with Gasteiger partial charge in [-0.15, -0.1) is 0 Å². The van der Waals surface area contributed by atoms with Gasteiger partial charge in [-0.05, 0) is 58.9 Å². The van der Waals surface area contributed by atoms with Crippen LogP contribution in [0.25, 0.3) is 0 Å². The first-order valence-corrected chi connectivity index (χ1v) is 14.3. The number of hydrogen-bond donors (Lipinski definition) is 3. The Bertz CT molecular complexity index is 1380. The molecule has 3 aromatic carbocycles. The fourth-order valence-electron chi connectivity index (χ4n) is 3.86. The van der Waals surface area contributed by atoms with Crippen LogP contribution in [-0.2, 0) is 26.7 Å². The van der Waals surface area contributed by atoms with Crippen molar-refractivity contribution in [3.8, 4) is 0 Å². The van der Waals surface area contributed by atoms with Gasteiger partial charge >= 0.3 is 0 Å². The molecule has 10 heteroatoms. The molecular formula is C28H30Cl2N2O5S. The van der Waals surface area contributed by atoms with Gasteiger partial charge in [0.05, 0.1) is 11.7 Å².